The summed E-state index contributed by atoms with van der Waals surface area (Å²) in [6.07, 6.45) is 2.94. The van der Waals surface area contributed by atoms with Crippen molar-refractivity contribution >= 4 is 6.09 Å². The van der Waals surface area contributed by atoms with E-state index in [-0.39, 0.29) is 12.1 Å². The van der Waals surface area contributed by atoms with Crippen LogP contribution in [0.3, 0.4) is 0 Å². The summed E-state index contributed by atoms with van der Waals surface area (Å²) in [7, 11) is 0. The summed E-state index contributed by atoms with van der Waals surface area (Å²) < 4.78 is 5.24. The minimum atomic E-state index is -0.417. The Morgan fingerprint density at radius 3 is 2.56 bits per heavy atom. The molecule has 4 atom stereocenters. The molecule has 0 radical (unpaired) electrons. The first-order valence-corrected chi connectivity index (χ1v) is 6.10. The predicted molar refractivity (Wildman–Crippen MR) is 62.0 cm³/mol. The second-order valence-electron chi connectivity index (χ2n) is 6.14. The topological polar surface area (TPSA) is 64.3 Å². The highest BCUT2D eigenvalue weighted by molar-refractivity contribution is 5.68. The van der Waals surface area contributed by atoms with E-state index in [0.717, 1.165) is 25.2 Å². The molecular formula is C12H22N2O2. The third kappa shape index (κ3) is 2.48. The van der Waals surface area contributed by atoms with Crippen LogP contribution in [0.1, 0.15) is 40.0 Å². The molecule has 4 heteroatoms. The molecular weight excluding hydrogens is 204 g/mol. The van der Waals surface area contributed by atoms with Gasteiger partial charge < -0.3 is 15.8 Å². The van der Waals surface area contributed by atoms with E-state index in [1.807, 2.05) is 20.8 Å². The smallest absolute Gasteiger partial charge is 0.407 e. The summed E-state index contributed by atoms with van der Waals surface area (Å²) in [4.78, 5) is 11.6. The van der Waals surface area contributed by atoms with Crippen LogP contribution in [-0.4, -0.2) is 23.8 Å². The molecule has 2 saturated carbocycles. The molecule has 0 spiro atoms. The second-order valence-corrected chi connectivity index (χ2v) is 6.14. The summed E-state index contributed by atoms with van der Waals surface area (Å²) in [6, 6.07) is 0.619. The normalized spacial score (nSPS) is 37.5. The number of nitrogens with one attached hydrogen (secondary N) is 1. The minimum Gasteiger partial charge on any atom is -0.444 e. The van der Waals surface area contributed by atoms with Crippen LogP contribution in [0.2, 0.25) is 0 Å². The molecule has 92 valence electrons. The molecule has 0 unspecified atom stereocenters. The lowest BCUT2D eigenvalue weighted by atomic mass is 9.71. The summed E-state index contributed by atoms with van der Waals surface area (Å²) in [5.74, 6) is 1.32. The molecule has 0 saturated heterocycles. The lowest BCUT2D eigenvalue weighted by molar-refractivity contribution is 0.0385. The monoisotopic (exact) mass is 226 g/mol. The van der Waals surface area contributed by atoms with Crippen molar-refractivity contribution in [3.63, 3.8) is 0 Å². The van der Waals surface area contributed by atoms with Gasteiger partial charge in [0, 0.05) is 12.1 Å². The lowest BCUT2D eigenvalue weighted by Crippen LogP contribution is -2.51. The molecule has 2 rings (SSSR count). The summed E-state index contributed by atoms with van der Waals surface area (Å²) in [5.41, 5.74) is 5.49. The van der Waals surface area contributed by atoms with Crippen molar-refractivity contribution in [3.05, 3.63) is 0 Å². The molecule has 2 aliphatic rings. The van der Waals surface area contributed by atoms with Crippen molar-refractivity contribution in [1.82, 2.24) is 5.32 Å². The molecule has 0 aromatic rings. The number of carbonyl (C=O) groups excluding carboxylic acids is 1. The fraction of sp³-hybridized carbons (Fsp3) is 0.917. The molecule has 16 heavy (non-hydrogen) atoms. The SMILES string of the molecule is CC(C)(C)OC(=O)N[C@@H]1C[C@@H]2C[C@@H](N)C[C@@H]21. The molecule has 2 fully saturated rings. The number of carbonyl (C=O) groups is 1. The van der Waals surface area contributed by atoms with E-state index in [0.29, 0.717) is 12.0 Å². The third-order valence-electron chi connectivity index (χ3n) is 3.56. The summed E-state index contributed by atoms with van der Waals surface area (Å²) >= 11 is 0. The van der Waals surface area contributed by atoms with Gasteiger partial charge in [-0.3, -0.25) is 0 Å². The number of hydrogen-bond acceptors (Lipinski definition) is 3. The highest BCUT2D eigenvalue weighted by atomic mass is 16.6. The number of alkyl carbamates (subject to hydrolysis) is 1. The number of ether oxygens (including phenoxy) is 1. The van der Waals surface area contributed by atoms with Crippen LogP contribution >= 0.6 is 0 Å². The molecule has 0 aromatic heterocycles. The first-order valence-electron chi connectivity index (χ1n) is 6.10. The first-order chi connectivity index (χ1) is 7.35. The van der Waals surface area contributed by atoms with Crippen LogP contribution in [0.4, 0.5) is 4.79 Å². The van der Waals surface area contributed by atoms with Gasteiger partial charge in [-0.25, -0.2) is 4.79 Å². The van der Waals surface area contributed by atoms with Gasteiger partial charge in [-0.1, -0.05) is 0 Å². The fourth-order valence-corrected chi connectivity index (χ4v) is 2.90. The standard InChI is InChI=1S/C12H22N2O2/c1-12(2,3)16-11(15)14-10-5-7-4-8(13)6-9(7)10/h7-10H,4-6,13H2,1-3H3,(H,14,15)/t7-,8+,9-,10+/m0/s1. The van der Waals surface area contributed by atoms with Crippen molar-refractivity contribution in [2.75, 3.05) is 0 Å². The molecule has 2 aliphatic carbocycles. The lowest BCUT2D eigenvalue weighted by Gasteiger charge is -2.40. The Balaban J connectivity index is 1.78. The van der Waals surface area contributed by atoms with Crippen LogP contribution in [0.5, 0.6) is 0 Å². The van der Waals surface area contributed by atoms with Gasteiger partial charge in [0.25, 0.3) is 0 Å². The van der Waals surface area contributed by atoms with Crippen molar-refractivity contribution < 1.29 is 9.53 Å². The molecule has 0 heterocycles. The Morgan fingerprint density at radius 2 is 2.00 bits per heavy atom. The van der Waals surface area contributed by atoms with E-state index in [1.165, 1.54) is 0 Å². The number of fused-ring (bicyclic) bond motifs is 1. The van der Waals surface area contributed by atoms with E-state index in [4.69, 9.17) is 10.5 Å². The number of nitrogens with two attached hydrogens (primary N) is 1. The van der Waals surface area contributed by atoms with E-state index in [9.17, 15) is 4.79 Å². The maximum atomic E-state index is 11.6. The van der Waals surface area contributed by atoms with Crippen LogP contribution in [0, 0.1) is 11.8 Å². The Labute approximate surface area is 96.9 Å². The minimum absolute atomic E-state index is 0.286. The molecule has 4 nitrogen and oxygen atoms in total. The maximum absolute atomic E-state index is 11.6. The van der Waals surface area contributed by atoms with Gasteiger partial charge in [0.05, 0.1) is 0 Å². The number of rotatable bonds is 1. The third-order valence-corrected chi connectivity index (χ3v) is 3.56. The van der Waals surface area contributed by atoms with Crippen LogP contribution in [0.15, 0.2) is 0 Å². The van der Waals surface area contributed by atoms with Gasteiger partial charge in [0.15, 0.2) is 0 Å². The van der Waals surface area contributed by atoms with Crippen molar-refractivity contribution in [2.24, 2.45) is 17.6 Å². The Hall–Kier alpha value is -0.770. The molecule has 0 bridgehead atoms. The van der Waals surface area contributed by atoms with Crippen molar-refractivity contribution in [2.45, 2.75) is 57.7 Å². The average molecular weight is 226 g/mol. The Bertz CT molecular complexity index is 285. The van der Waals surface area contributed by atoms with Crippen molar-refractivity contribution in [1.29, 1.82) is 0 Å². The van der Waals surface area contributed by atoms with Gasteiger partial charge in [-0.05, 0) is 51.9 Å². The zero-order valence-corrected chi connectivity index (χ0v) is 10.3. The Kier molecular flexibility index (Phi) is 2.86. The van der Waals surface area contributed by atoms with Gasteiger partial charge in [-0.2, -0.15) is 0 Å². The average Bonchev–Trinajstić information content (AvgIpc) is 2.36. The first kappa shape index (κ1) is 11.7. The van der Waals surface area contributed by atoms with Crippen molar-refractivity contribution in [3.8, 4) is 0 Å². The fourth-order valence-electron chi connectivity index (χ4n) is 2.90. The largest absolute Gasteiger partial charge is 0.444 e. The zero-order chi connectivity index (χ0) is 11.9. The maximum Gasteiger partial charge on any atom is 0.407 e. The molecule has 3 N–H and O–H groups in total. The van der Waals surface area contributed by atoms with Gasteiger partial charge in [-0.15, -0.1) is 0 Å². The van der Waals surface area contributed by atoms with Crippen LogP contribution in [0.25, 0.3) is 0 Å². The van der Waals surface area contributed by atoms with Gasteiger partial charge in [0.2, 0.25) is 0 Å². The highest BCUT2D eigenvalue weighted by Gasteiger charge is 2.47. The number of amides is 1. The second kappa shape index (κ2) is 3.91. The van der Waals surface area contributed by atoms with Gasteiger partial charge >= 0.3 is 6.09 Å². The highest BCUT2D eigenvalue weighted by Crippen LogP contribution is 2.46. The molecule has 0 aromatic carbocycles. The molecule has 1 amide bonds. The van der Waals surface area contributed by atoms with E-state index < -0.39 is 5.60 Å². The van der Waals surface area contributed by atoms with E-state index in [2.05, 4.69) is 5.32 Å². The number of hydrogen-bond donors (Lipinski definition) is 2. The van der Waals surface area contributed by atoms with Gasteiger partial charge in [0.1, 0.15) is 5.60 Å². The summed E-state index contributed by atoms with van der Waals surface area (Å²) in [5, 5.41) is 2.95. The van der Waals surface area contributed by atoms with E-state index in [1.54, 1.807) is 0 Å². The van der Waals surface area contributed by atoms with Crippen LogP contribution < -0.4 is 11.1 Å². The van der Waals surface area contributed by atoms with Crippen LogP contribution in [-0.2, 0) is 4.74 Å². The van der Waals surface area contributed by atoms with E-state index >= 15 is 0 Å². The predicted octanol–water partition coefficient (Wildman–Crippen LogP) is 1.64. The Morgan fingerprint density at radius 1 is 1.31 bits per heavy atom. The molecule has 0 aliphatic heterocycles. The zero-order valence-electron chi connectivity index (χ0n) is 10.3. The quantitative estimate of drug-likeness (QED) is 0.714. The summed E-state index contributed by atoms with van der Waals surface area (Å²) in [6.45, 7) is 5.63.